The number of carboxylic acid groups (broad SMARTS) is 1. The molecule has 1 aromatic rings. The van der Waals surface area contributed by atoms with Crippen molar-refractivity contribution >= 4 is 5.97 Å². The van der Waals surface area contributed by atoms with Crippen molar-refractivity contribution in [1.82, 2.24) is 5.32 Å². The summed E-state index contributed by atoms with van der Waals surface area (Å²) in [5.74, 6) is -1.39. The maximum absolute atomic E-state index is 13.1. The summed E-state index contributed by atoms with van der Waals surface area (Å²) in [7, 11) is 0. The van der Waals surface area contributed by atoms with Gasteiger partial charge in [-0.1, -0.05) is 18.2 Å². The first-order valence-corrected chi connectivity index (χ1v) is 8.48. The lowest BCUT2D eigenvalue weighted by molar-refractivity contribution is -0.144. The molecule has 25 heavy (non-hydrogen) atoms. The summed E-state index contributed by atoms with van der Waals surface area (Å²) >= 11 is 0. The second-order valence-electron chi connectivity index (χ2n) is 6.56. The number of benzene rings is 1. The fraction of sp³-hybridized carbons (Fsp3) is 0.611. The molecule has 1 aliphatic rings. The van der Waals surface area contributed by atoms with Gasteiger partial charge in [-0.05, 0) is 43.7 Å². The summed E-state index contributed by atoms with van der Waals surface area (Å²) in [5.41, 5.74) is -0.421. The van der Waals surface area contributed by atoms with Crippen molar-refractivity contribution in [1.29, 1.82) is 0 Å². The molecular weight excluding hydrogens is 335 g/mol. The van der Waals surface area contributed by atoms with Crippen LogP contribution in [-0.2, 0) is 22.1 Å². The van der Waals surface area contributed by atoms with E-state index in [2.05, 4.69) is 5.32 Å². The largest absolute Gasteiger partial charge is 0.481 e. The van der Waals surface area contributed by atoms with E-state index >= 15 is 0 Å². The van der Waals surface area contributed by atoms with Crippen molar-refractivity contribution in [2.75, 3.05) is 19.8 Å². The zero-order valence-corrected chi connectivity index (χ0v) is 14.2. The highest BCUT2D eigenvalue weighted by molar-refractivity contribution is 5.70. The second-order valence-corrected chi connectivity index (χ2v) is 6.56. The van der Waals surface area contributed by atoms with Gasteiger partial charge in [-0.3, -0.25) is 4.79 Å². The van der Waals surface area contributed by atoms with E-state index in [4.69, 9.17) is 4.74 Å². The van der Waals surface area contributed by atoms with Crippen molar-refractivity contribution in [3.8, 4) is 0 Å². The first-order valence-electron chi connectivity index (χ1n) is 8.48. The average molecular weight is 359 g/mol. The number of ether oxygens (including phenoxy) is 1. The Hall–Kier alpha value is -1.60. The van der Waals surface area contributed by atoms with Crippen LogP contribution in [0.5, 0.6) is 0 Å². The Morgan fingerprint density at radius 3 is 2.56 bits per heavy atom. The van der Waals surface area contributed by atoms with Gasteiger partial charge in [-0.15, -0.1) is 0 Å². The van der Waals surface area contributed by atoms with E-state index in [9.17, 15) is 23.1 Å². The molecule has 1 saturated heterocycles. The molecule has 140 valence electrons. The van der Waals surface area contributed by atoms with Crippen LogP contribution in [0.2, 0.25) is 0 Å². The van der Waals surface area contributed by atoms with Crippen LogP contribution in [0, 0.1) is 11.8 Å². The molecule has 7 heteroatoms. The Bertz CT molecular complexity index is 571. The van der Waals surface area contributed by atoms with Gasteiger partial charge in [-0.2, -0.15) is 13.2 Å². The van der Waals surface area contributed by atoms with Gasteiger partial charge in [0.25, 0.3) is 0 Å². The first-order chi connectivity index (χ1) is 11.8. The molecule has 1 aromatic carbocycles. The number of alkyl halides is 3. The molecule has 1 aliphatic heterocycles. The van der Waals surface area contributed by atoms with E-state index in [1.807, 2.05) is 0 Å². The molecule has 0 aliphatic carbocycles. The van der Waals surface area contributed by atoms with Crippen LogP contribution in [0.25, 0.3) is 0 Å². The number of rotatable bonds is 7. The summed E-state index contributed by atoms with van der Waals surface area (Å²) in [6, 6.07) is 5.23. The Morgan fingerprint density at radius 2 is 1.96 bits per heavy atom. The Labute approximate surface area is 145 Å². The van der Waals surface area contributed by atoms with Crippen molar-refractivity contribution < 1.29 is 27.8 Å². The molecular formula is C18H24F3NO3. The van der Waals surface area contributed by atoms with Gasteiger partial charge in [0.1, 0.15) is 0 Å². The lowest BCUT2D eigenvalue weighted by Gasteiger charge is -2.29. The van der Waals surface area contributed by atoms with E-state index < -0.39 is 23.6 Å². The van der Waals surface area contributed by atoms with Crippen LogP contribution in [0.15, 0.2) is 24.3 Å². The third-order valence-corrected chi connectivity index (χ3v) is 4.69. The minimum Gasteiger partial charge on any atom is -0.481 e. The molecule has 2 atom stereocenters. The summed E-state index contributed by atoms with van der Waals surface area (Å²) < 4.78 is 44.4. The number of aliphatic carboxylic acids is 1. The molecule has 0 amide bonds. The van der Waals surface area contributed by atoms with E-state index in [0.717, 1.165) is 6.07 Å². The zero-order valence-electron chi connectivity index (χ0n) is 14.2. The van der Waals surface area contributed by atoms with E-state index in [0.29, 0.717) is 26.1 Å². The van der Waals surface area contributed by atoms with Crippen molar-refractivity contribution in [3.05, 3.63) is 35.4 Å². The Kier molecular flexibility index (Phi) is 6.84. The lowest BCUT2D eigenvalue weighted by atomic mass is 9.85. The number of hydrogen-bond acceptors (Lipinski definition) is 3. The highest BCUT2D eigenvalue weighted by atomic mass is 19.4. The van der Waals surface area contributed by atoms with Crippen molar-refractivity contribution in [3.63, 3.8) is 0 Å². The average Bonchev–Trinajstić information content (AvgIpc) is 2.55. The molecule has 0 radical (unpaired) electrons. The third kappa shape index (κ3) is 5.71. The first kappa shape index (κ1) is 19.7. The molecule has 2 N–H and O–H groups in total. The van der Waals surface area contributed by atoms with E-state index in [-0.39, 0.29) is 30.5 Å². The highest BCUT2D eigenvalue weighted by Gasteiger charge is 2.33. The molecule has 2 rings (SSSR count). The highest BCUT2D eigenvalue weighted by Crippen LogP contribution is 2.32. The van der Waals surface area contributed by atoms with Crippen molar-refractivity contribution in [2.45, 2.75) is 38.4 Å². The Morgan fingerprint density at radius 1 is 1.32 bits per heavy atom. The second kappa shape index (κ2) is 8.67. The molecule has 0 saturated carbocycles. The third-order valence-electron chi connectivity index (χ3n) is 4.69. The maximum Gasteiger partial charge on any atom is 0.416 e. The topological polar surface area (TPSA) is 58.6 Å². The summed E-state index contributed by atoms with van der Waals surface area (Å²) in [6.45, 7) is 3.14. The molecule has 1 fully saturated rings. The standard InChI is InChI=1S/C18H24F3NO3/c1-12(10-14-4-2-3-5-16(14)18(19,20)21)22-11-15(17(23)24)13-6-8-25-9-7-13/h2-5,12-13,15,22H,6-11H2,1H3,(H,23,24). The number of nitrogens with one attached hydrogen (secondary N) is 1. The van der Waals surface area contributed by atoms with Gasteiger partial charge in [0.2, 0.25) is 0 Å². The zero-order chi connectivity index (χ0) is 18.4. The predicted octanol–water partition coefficient (Wildman–Crippen LogP) is 3.35. The fourth-order valence-electron chi connectivity index (χ4n) is 3.28. The number of halogens is 3. The van der Waals surface area contributed by atoms with Gasteiger partial charge >= 0.3 is 12.1 Å². The summed E-state index contributed by atoms with van der Waals surface area (Å²) in [6.07, 6.45) is -2.80. The van der Waals surface area contributed by atoms with Crippen molar-refractivity contribution in [2.24, 2.45) is 11.8 Å². The van der Waals surface area contributed by atoms with Gasteiger partial charge in [-0.25, -0.2) is 0 Å². The van der Waals surface area contributed by atoms with Crippen LogP contribution in [0.4, 0.5) is 13.2 Å². The van der Waals surface area contributed by atoms with E-state index in [1.165, 1.54) is 12.1 Å². The monoisotopic (exact) mass is 359 g/mol. The van der Waals surface area contributed by atoms with Gasteiger partial charge < -0.3 is 15.2 Å². The number of carboxylic acids is 1. The minimum absolute atomic E-state index is 0.0356. The molecule has 0 aromatic heterocycles. The van der Waals surface area contributed by atoms with Crippen LogP contribution in [-0.4, -0.2) is 36.9 Å². The van der Waals surface area contributed by atoms with Gasteiger partial charge in [0.15, 0.2) is 0 Å². The smallest absolute Gasteiger partial charge is 0.416 e. The van der Waals surface area contributed by atoms with Crippen LogP contribution in [0.3, 0.4) is 0 Å². The lowest BCUT2D eigenvalue weighted by Crippen LogP contribution is -2.40. The molecule has 0 bridgehead atoms. The minimum atomic E-state index is -4.39. The summed E-state index contributed by atoms with van der Waals surface area (Å²) in [5, 5.41) is 12.5. The van der Waals surface area contributed by atoms with Gasteiger partial charge in [0, 0.05) is 25.8 Å². The predicted molar refractivity (Wildman–Crippen MR) is 87.3 cm³/mol. The quantitative estimate of drug-likeness (QED) is 0.784. The van der Waals surface area contributed by atoms with E-state index in [1.54, 1.807) is 13.0 Å². The SMILES string of the molecule is CC(Cc1ccccc1C(F)(F)F)NCC(C(=O)O)C1CCOCC1. The molecule has 4 nitrogen and oxygen atoms in total. The van der Waals surface area contributed by atoms with Crippen LogP contribution in [0.1, 0.15) is 30.9 Å². The molecule has 0 spiro atoms. The normalized spacial score (nSPS) is 18.7. The Balaban J connectivity index is 1.95. The maximum atomic E-state index is 13.1. The number of carbonyl (C=O) groups is 1. The summed E-state index contributed by atoms with van der Waals surface area (Å²) in [4.78, 5) is 11.5. The fourth-order valence-corrected chi connectivity index (χ4v) is 3.28. The number of hydrogen-bond donors (Lipinski definition) is 2. The van der Waals surface area contributed by atoms with Crippen LogP contribution >= 0.6 is 0 Å². The van der Waals surface area contributed by atoms with Gasteiger partial charge in [0.05, 0.1) is 11.5 Å². The molecule has 2 unspecified atom stereocenters. The molecule has 1 heterocycles. The van der Waals surface area contributed by atoms with Crippen LogP contribution < -0.4 is 5.32 Å².